The molecule has 1 aromatic heterocycles. The lowest BCUT2D eigenvalue weighted by Crippen LogP contribution is -2.15. The Hall–Kier alpha value is -3.70. The predicted octanol–water partition coefficient (Wildman–Crippen LogP) is 4.77. The summed E-state index contributed by atoms with van der Waals surface area (Å²) in [6.45, 7) is 2.38. The molecule has 0 atom stereocenters. The Balaban J connectivity index is 1.77. The number of carbonyl (C=O) groups excluding carboxylic acids is 1. The molecule has 0 radical (unpaired) electrons. The van der Waals surface area contributed by atoms with Crippen LogP contribution in [0.5, 0.6) is 17.2 Å². The van der Waals surface area contributed by atoms with Gasteiger partial charge in [-0.15, -0.1) is 0 Å². The van der Waals surface area contributed by atoms with E-state index in [2.05, 4.69) is 16.4 Å². The summed E-state index contributed by atoms with van der Waals surface area (Å²) in [4.78, 5) is 17.1. The van der Waals surface area contributed by atoms with Crippen molar-refractivity contribution in [3.63, 3.8) is 0 Å². The summed E-state index contributed by atoms with van der Waals surface area (Å²) in [7, 11) is 3.14. The average molecular weight is 450 g/mol. The second kappa shape index (κ2) is 11.1. The van der Waals surface area contributed by atoms with Crippen molar-refractivity contribution in [3.8, 4) is 34.6 Å². The lowest BCUT2D eigenvalue weighted by molar-refractivity contribution is -0.113. The van der Waals surface area contributed by atoms with Crippen LogP contribution in [0.3, 0.4) is 0 Å². The smallest absolute Gasteiger partial charge is 0.234 e. The maximum absolute atomic E-state index is 12.5. The summed E-state index contributed by atoms with van der Waals surface area (Å²) >= 11 is 1.20. The van der Waals surface area contributed by atoms with Gasteiger partial charge in [-0.3, -0.25) is 4.79 Å². The number of methoxy groups -OCH3 is 2. The van der Waals surface area contributed by atoms with Crippen LogP contribution >= 0.6 is 11.8 Å². The third-order valence-corrected chi connectivity index (χ3v) is 5.45. The average Bonchev–Trinajstić information content (AvgIpc) is 2.83. The number of benzene rings is 2. The van der Waals surface area contributed by atoms with E-state index in [4.69, 9.17) is 14.2 Å². The Morgan fingerprint density at radius 2 is 1.84 bits per heavy atom. The quantitative estimate of drug-likeness (QED) is 0.471. The van der Waals surface area contributed by atoms with Gasteiger partial charge in [-0.05, 0) is 49.4 Å². The highest BCUT2D eigenvalue weighted by Crippen LogP contribution is 2.33. The molecular formula is C24H23N3O4S. The van der Waals surface area contributed by atoms with E-state index in [9.17, 15) is 10.1 Å². The van der Waals surface area contributed by atoms with Crippen LogP contribution in [-0.2, 0) is 4.79 Å². The van der Waals surface area contributed by atoms with E-state index in [1.807, 2.05) is 31.2 Å². The first-order valence-electron chi connectivity index (χ1n) is 9.87. The van der Waals surface area contributed by atoms with Gasteiger partial charge in [0.15, 0.2) is 11.5 Å². The summed E-state index contributed by atoms with van der Waals surface area (Å²) in [6, 6.07) is 18.3. The Bertz CT molecular complexity index is 1140. The summed E-state index contributed by atoms with van der Waals surface area (Å²) in [6.07, 6.45) is 0. The number of rotatable bonds is 9. The molecule has 0 aliphatic rings. The number of aromatic nitrogens is 1. The van der Waals surface area contributed by atoms with Gasteiger partial charge in [0, 0.05) is 5.56 Å². The van der Waals surface area contributed by atoms with E-state index < -0.39 is 0 Å². The fourth-order valence-corrected chi connectivity index (χ4v) is 3.74. The fraction of sp³-hybridized carbons (Fsp3) is 0.208. The second-order valence-electron chi connectivity index (χ2n) is 6.50. The monoisotopic (exact) mass is 449 g/mol. The van der Waals surface area contributed by atoms with Gasteiger partial charge < -0.3 is 19.5 Å². The zero-order valence-corrected chi connectivity index (χ0v) is 18.9. The third-order valence-electron chi connectivity index (χ3n) is 4.46. The number of nitrogens with zero attached hydrogens (tertiary/aromatic N) is 2. The zero-order chi connectivity index (χ0) is 22.9. The molecule has 0 aliphatic carbocycles. The minimum Gasteiger partial charge on any atom is -0.493 e. The standard InChI is InChI=1S/C24H23N3O4S/c1-4-31-20-8-6-5-7-19(20)26-23(28)15-32-24-17(14-25)9-11-18(27-24)16-10-12-21(29-2)22(13-16)30-3/h5-13H,4,15H2,1-3H3,(H,26,28). The number of thioether (sulfide) groups is 1. The second-order valence-corrected chi connectivity index (χ2v) is 7.46. The van der Waals surface area contributed by atoms with Crippen molar-refractivity contribution in [1.82, 2.24) is 4.98 Å². The number of para-hydroxylation sites is 2. The van der Waals surface area contributed by atoms with Crippen LogP contribution in [0.25, 0.3) is 11.3 Å². The number of hydrogen-bond acceptors (Lipinski definition) is 7. The van der Waals surface area contributed by atoms with Crippen LogP contribution in [0.2, 0.25) is 0 Å². The first kappa shape index (κ1) is 23.0. The highest BCUT2D eigenvalue weighted by molar-refractivity contribution is 8.00. The number of anilines is 1. The molecule has 3 rings (SSSR count). The molecule has 32 heavy (non-hydrogen) atoms. The topological polar surface area (TPSA) is 93.5 Å². The number of ether oxygens (including phenoxy) is 3. The molecule has 0 bridgehead atoms. The maximum Gasteiger partial charge on any atom is 0.234 e. The van der Waals surface area contributed by atoms with Gasteiger partial charge in [0.1, 0.15) is 16.8 Å². The van der Waals surface area contributed by atoms with Crippen molar-refractivity contribution in [1.29, 1.82) is 5.26 Å². The molecule has 7 nitrogen and oxygen atoms in total. The Morgan fingerprint density at radius 1 is 1.06 bits per heavy atom. The fourth-order valence-electron chi connectivity index (χ4n) is 2.96. The molecule has 164 valence electrons. The predicted molar refractivity (Wildman–Crippen MR) is 124 cm³/mol. The molecule has 1 heterocycles. The molecule has 8 heteroatoms. The zero-order valence-electron chi connectivity index (χ0n) is 18.0. The van der Waals surface area contributed by atoms with E-state index in [1.165, 1.54) is 11.8 Å². The highest BCUT2D eigenvalue weighted by atomic mass is 32.2. The number of amides is 1. The number of hydrogen-bond donors (Lipinski definition) is 1. The molecule has 0 aliphatic heterocycles. The summed E-state index contributed by atoms with van der Waals surface area (Å²) in [5.41, 5.74) is 2.48. The Labute approximate surface area is 191 Å². The van der Waals surface area contributed by atoms with E-state index in [0.29, 0.717) is 45.8 Å². The molecular weight excluding hydrogens is 426 g/mol. The van der Waals surface area contributed by atoms with Gasteiger partial charge in [-0.2, -0.15) is 5.26 Å². The van der Waals surface area contributed by atoms with E-state index in [-0.39, 0.29) is 11.7 Å². The van der Waals surface area contributed by atoms with E-state index in [0.717, 1.165) is 5.56 Å². The summed E-state index contributed by atoms with van der Waals surface area (Å²) < 4.78 is 16.2. The van der Waals surface area contributed by atoms with E-state index >= 15 is 0 Å². The van der Waals surface area contributed by atoms with Crippen molar-refractivity contribution in [2.75, 3.05) is 31.9 Å². The number of pyridine rings is 1. The molecule has 3 aromatic rings. The van der Waals surface area contributed by atoms with Gasteiger partial charge in [0.2, 0.25) is 5.91 Å². The van der Waals surface area contributed by atoms with Crippen LogP contribution in [0.15, 0.2) is 59.6 Å². The van der Waals surface area contributed by atoms with Crippen molar-refractivity contribution < 1.29 is 19.0 Å². The highest BCUT2D eigenvalue weighted by Gasteiger charge is 2.13. The van der Waals surface area contributed by atoms with Crippen LogP contribution in [-0.4, -0.2) is 37.5 Å². The van der Waals surface area contributed by atoms with Gasteiger partial charge in [-0.25, -0.2) is 4.98 Å². The number of nitrogens with one attached hydrogen (secondary N) is 1. The lowest BCUT2D eigenvalue weighted by atomic mass is 10.1. The maximum atomic E-state index is 12.5. The first-order valence-corrected chi connectivity index (χ1v) is 10.9. The molecule has 0 spiro atoms. The van der Waals surface area contributed by atoms with Gasteiger partial charge in [0.25, 0.3) is 0 Å². The summed E-state index contributed by atoms with van der Waals surface area (Å²) in [5, 5.41) is 12.8. The normalized spacial score (nSPS) is 10.2. The summed E-state index contributed by atoms with van der Waals surface area (Å²) in [5.74, 6) is 1.68. The van der Waals surface area contributed by atoms with E-state index in [1.54, 1.807) is 44.6 Å². The lowest BCUT2D eigenvalue weighted by Gasteiger charge is -2.12. The van der Waals surface area contributed by atoms with Crippen molar-refractivity contribution >= 4 is 23.4 Å². The van der Waals surface area contributed by atoms with Crippen molar-refractivity contribution in [3.05, 3.63) is 60.2 Å². The van der Waals surface area contributed by atoms with Crippen LogP contribution in [0.4, 0.5) is 5.69 Å². The van der Waals surface area contributed by atoms with Gasteiger partial charge >= 0.3 is 0 Å². The van der Waals surface area contributed by atoms with Crippen molar-refractivity contribution in [2.24, 2.45) is 0 Å². The molecule has 0 saturated heterocycles. The molecule has 0 unspecified atom stereocenters. The van der Waals surface area contributed by atoms with Crippen LogP contribution in [0, 0.1) is 11.3 Å². The third kappa shape index (κ3) is 5.50. The number of carbonyl (C=O) groups is 1. The van der Waals surface area contributed by atoms with Crippen LogP contribution < -0.4 is 19.5 Å². The Morgan fingerprint density at radius 3 is 2.56 bits per heavy atom. The molecule has 1 amide bonds. The first-order chi connectivity index (χ1) is 15.6. The Kier molecular flexibility index (Phi) is 7.95. The minimum atomic E-state index is -0.218. The van der Waals surface area contributed by atoms with Gasteiger partial charge in [0.05, 0.1) is 43.5 Å². The SMILES string of the molecule is CCOc1ccccc1NC(=O)CSc1nc(-c2ccc(OC)c(OC)c2)ccc1C#N. The molecule has 1 N–H and O–H groups in total. The van der Waals surface area contributed by atoms with Gasteiger partial charge in [-0.1, -0.05) is 23.9 Å². The van der Waals surface area contributed by atoms with Crippen LogP contribution in [0.1, 0.15) is 12.5 Å². The molecule has 2 aromatic carbocycles. The molecule has 0 fully saturated rings. The largest absolute Gasteiger partial charge is 0.493 e. The van der Waals surface area contributed by atoms with Crippen molar-refractivity contribution in [2.45, 2.75) is 11.9 Å². The molecule has 0 saturated carbocycles. The minimum absolute atomic E-state index is 0.0948. The number of nitriles is 1.